The van der Waals surface area contributed by atoms with Gasteiger partial charge in [0.1, 0.15) is 0 Å². The molecule has 0 bridgehead atoms. The van der Waals surface area contributed by atoms with Gasteiger partial charge in [-0.1, -0.05) is 11.3 Å². The zero-order valence-electron chi connectivity index (χ0n) is 7.04. The number of aromatic nitrogens is 4. The van der Waals surface area contributed by atoms with Crippen molar-refractivity contribution in [2.24, 2.45) is 0 Å². The maximum absolute atomic E-state index is 10.7. The standard InChI is InChI=1S/C7H6N4O2S/c12-6(13)5-10-11-4(3-1-2-3)8-9-7(11)14-5/h3H,1-2H2,(H,12,13). The summed E-state index contributed by atoms with van der Waals surface area (Å²) in [5.74, 6) is 0.208. The van der Waals surface area contributed by atoms with Gasteiger partial charge >= 0.3 is 5.97 Å². The summed E-state index contributed by atoms with van der Waals surface area (Å²) in [5.41, 5.74) is 0. The first-order valence-electron chi connectivity index (χ1n) is 4.21. The Morgan fingerprint density at radius 3 is 2.93 bits per heavy atom. The molecule has 1 N–H and O–H groups in total. The van der Waals surface area contributed by atoms with E-state index < -0.39 is 5.97 Å². The van der Waals surface area contributed by atoms with E-state index in [0.717, 1.165) is 30.0 Å². The van der Waals surface area contributed by atoms with Crippen LogP contribution in [-0.4, -0.2) is 30.9 Å². The molecule has 1 saturated carbocycles. The second kappa shape index (κ2) is 2.50. The Balaban J connectivity index is 2.18. The molecule has 0 aromatic carbocycles. The Labute approximate surface area is 82.2 Å². The summed E-state index contributed by atoms with van der Waals surface area (Å²) in [6, 6.07) is 0. The monoisotopic (exact) mass is 210 g/mol. The van der Waals surface area contributed by atoms with Crippen molar-refractivity contribution >= 4 is 22.3 Å². The van der Waals surface area contributed by atoms with Crippen LogP contribution < -0.4 is 0 Å². The van der Waals surface area contributed by atoms with Crippen LogP contribution in [-0.2, 0) is 0 Å². The SMILES string of the molecule is O=C(O)c1nn2c(C3CC3)nnc2s1. The minimum atomic E-state index is -1.01. The third-order valence-corrected chi connectivity index (χ3v) is 3.03. The van der Waals surface area contributed by atoms with Gasteiger partial charge in [-0.2, -0.15) is 4.52 Å². The van der Waals surface area contributed by atoms with Gasteiger partial charge in [0.2, 0.25) is 9.97 Å². The number of carboxylic acid groups (broad SMARTS) is 1. The fourth-order valence-electron chi connectivity index (χ4n) is 1.31. The van der Waals surface area contributed by atoms with E-state index in [-0.39, 0.29) is 5.01 Å². The van der Waals surface area contributed by atoms with Gasteiger partial charge in [-0.05, 0) is 12.8 Å². The lowest BCUT2D eigenvalue weighted by atomic mass is 10.4. The van der Waals surface area contributed by atoms with Crippen LogP contribution in [0.15, 0.2) is 0 Å². The molecule has 2 heterocycles. The Morgan fingerprint density at radius 2 is 2.29 bits per heavy atom. The van der Waals surface area contributed by atoms with Gasteiger partial charge in [0, 0.05) is 5.92 Å². The Hall–Kier alpha value is -1.50. The van der Waals surface area contributed by atoms with Gasteiger partial charge < -0.3 is 5.11 Å². The Kier molecular flexibility index (Phi) is 1.41. The van der Waals surface area contributed by atoms with Crippen LogP contribution in [0, 0.1) is 0 Å². The van der Waals surface area contributed by atoms with Gasteiger partial charge in [-0.25, -0.2) is 4.79 Å². The fraction of sp³-hybridized carbons (Fsp3) is 0.429. The number of carboxylic acids is 1. The summed E-state index contributed by atoms with van der Waals surface area (Å²) in [4.78, 5) is 11.2. The average molecular weight is 210 g/mol. The molecule has 0 radical (unpaired) electrons. The number of hydrogen-bond acceptors (Lipinski definition) is 5. The highest BCUT2D eigenvalue weighted by Crippen LogP contribution is 2.39. The highest BCUT2D eigenvalue weighted by molar-refractivity contribution is 7.18. The molecule has 1 aliphatic carbocycles. The number of fused-ring (bicyclic) bond motifs is 1. The van der Waals surface area contributed by atoms with Crippen molar-refractivity contribution < 1.29 is 9.90 Å². The predicted octanol–water partition coefficient (Wildman–Crippen LogP) is 0.761. The summed E-state index contributed by atoms with van der Waals surface area (Å²) in [6.45, 7) is 0. The zero-order chi connectivity index (χ0) is 9.71. The third-order valence-electron chi connectivity index (χ3n) is 2.14. The molecule has 0 spiro atoms. The van der Waals surface area contributed by atoms with Crippen molar-refractivity contribution in [3.63, 3.8) is 0 Å². The van der Waals surface area contributed by atoms with E-state index in [0.29, 0.717) is 10.9 Å². The number of rotatable bonds is 2. The molecule has 2 aromatic heterocycles. The van der Waals surface area contributed by atoms with Gasteiger partial charge in [0.05, 0.1) is 0 Å². The minimum Gasteiger partial charge on any atom is -0.476 e. The topological polar surface area (TPSA) is 80.4 Å². The molecule has 0 atom stereocenters. The molecule has 0 amide bonds. The molecule has 0 aliphatic heterocycles. The Morgan fingerprint density at radius 1 is 1.50 bits per heavy atom. The van der Waals surface area contributed by atoms with Crippen LogP contribution >= 0.6 is 11.3 Å². The maximum atomic E-state index is 10.7. The molecule has 14 heavy (non-hydrogen) atoms. The molecule has 72 valence electrons. The van der Waals surface area contributed by atoms with Gasteiger partial charge in [0.15, 0.2) is 5.82 Å². The lowest BCUT2D eigenvalue weighted by Crippen LogP contribution is -1.99. The molecular weight excluding hydrogens is 204 g/mol. The van der Waals surface area contributed by atoms with E-state index in [1.807, 2.05) is 0 Å². The van der Waals surface area contributed by atoms with Gasteiger partial charge in [-0.3, -0.25) is 0 Å². The Bertz CT molecular complexity index is 513. The van der Waals surface area contributed by atoms with Gasteiger partial charge in [-0.15, -0.1) is 15.3 Å². The van der Waals surface area contributed by atoms with Crippen LogP contribution in [0.4, 0.5) is 0 Å². The van der Waals surface area contributed by atoms with E-state index >= 15 is 0 Å². The molecule has 2 aromatic rings. The quantitative estimate of drug-likeness (QED) is 0.791. The van der Waals surface area contributed by atoms with Crippen LogP contribution in [0.25, 0.3) is 4.96 Å². The van der Waals surface area contributed by atoms with Crippen molar-refractivity contribution in [2.45, 2.75) is 18.8 Å². The van der Waals surface area contributed by atoms with Crippen molar-refractivity contribution in [2.75, 3.05) is 0 Å². The van der Waals surface area contributed by atoms with E-state index in [1.165, 1.54) is 0 Å². The summed E-state index contributed by atoms with van der Waals surface area (Å²) in [6.07, 6.45) is 2.20. The largest absolute Gasteiger partial charge is 0.476 e. The fourth-order valence-corrected chi connectivity index (χ4v) is 2.00. The van der Waals surface area contributed by atoms with E-state index in [2.05, 4.69) is 15.3 Å². The van der Waals surface area contributed by atoms with Crippen LogP contribution in [0.1, 0.15) is 34.4 Å². The molecule has 1 aliphatic rings. The number of aromatic carboxylic acids is 1. The highest BCUT2D eigenvalue weighted by atomic mass is 32.1. The number of hydrogen-bond donors (Lipinski definition) is 1. The molecule has 3 rings (SSSR count). The smallest absolute Gasteiger partial charge is 0.367 e. The lowest BCUT2D eigenvalue weighted by molar-refractivity contribution is 0.0695. The normalized spacial score (nSPS) is 16.3. The lowest BCUT2D eigenvalue weighted by Gasteiger charge is -1.88. The van der Waals surface area contributed by atoms with Gasteiger partial charge in [0.25, 0.3) is 0 Å². The van der Waals surface area contributed by atoms with E-state index in [9.17, 15) is 4.79 Å². The second-order valence-electron chi connectivity index (χ2n) is 3.24. The molecule has 0 saturated heterocycles. The second-order valence-corrected chi connectivity index (χ2v) is 4.20. The predicted molar refractivity (Wildman–Crippen MR) is 47.6 cm³/mol. The first-order valence-corrected chi connectivity index (χ1v) is 5.03. The van der Waals surface area contributed by atoms with Crippen LogP contribution in [0.2, 0.25) is 0 Å². The highest BCUT2D eigenvalue weighted by Gasteiger charge is 2.30. The number of carbonyl (C=O) groups is 1. The molecule has 1 fully saturated rings. The summed E-state index contributed by atoms with van der Waals surface area (Å²) in [7, 11) is 0. The molecule has 0 unspecified atom stereocenters. The maximum Gasteiger partial charge on any atom is 0.367 e. The third kappa shape index (κ3) is 1.02. The van der Waals surface area contributed by atoms with Crippen molar-refractivity contribution in [1.29, 1.82) is 0 Å². The minimum absolute atomic E-state index is 0.0665. The first kappa shape index (κ1) is 7.86. The number of nitrogens with zero attached hydrogens (tertiary/aromatic N) is 4. The van der Waals surface area contributed by atoms with Crippen molar-refractivity contribution in [3.8, 4) is 0 Å². The van der Waals surface area contributed by atoms with E-state index in [1.54, 1.807) is 4.52 Å². The van der Waals surface area contributed by atoms with Crippen LogP contribution in [0.5, 0.6) is 0 Å². The molecule has 7 heteroatoms. The zero-order valence-corrected chi connectivity index (χ0v) is 7.86. The van der Waals surface area contributed by atoms with Crippen LogP contribution in [0.3, 0.4) is 0 Å². The first-order chi connectivity index (χ1) is 6.75. The molecule has 6 nitrogen and oxygen atoms in total. The average Bonchev–Trinajstić information content (AvgIpc) is 2.77. The van der Waals surface area contributed by atoms with E-state index in [4.69, 9.17) is 5.11 Å². The van der Waals surface area contributed by atoms with Crippen molar-refractivity contribution in [1.82, 2.24) is 19.8 Å². The van der Waals surface area contributed by atoms with Crippen molar-refractivity contribution in [3.05, 3.63) is 10.8 Å². The summed E-state index contributed by atoms with van der Waals surface area (Å²) >= 11 is 1.05. The summed E-state index contributed by atoms with van der Waals surface area (Å²) < 4.78 is 1.55. The summed E-state index contributed by atoms with van der Waals surface area (Å²) in [5, 5.41) is 20.6. The molecular formula is C7H6N4O2S.